The largest absolute Gasteiger partial charge is 0.384 e. The summed E-state index contributed by atoms with van der Waals surface area (Å²) in [4.78, 5) is 4.41. The zero-order valence-electron chi connectivity index (χ0n) is 17.4. The summed E-state index contributed by atoms with van der Waals surface area (Å²) >= 11 is 0. The second-order valence-corrected chi connectivity index (χ2v) is 9.34. The van der Waals surface area contributed by atoms with Crippen LogP contribution in [0.2, 0.25) is 0 Å². The van der Waals surface area contributed by atoms with Crippen LogP contribution in [0.1, 0.15) is 38.7 Å². The summed E-state index contributed by atoms with van der Waals surface area (Å²) in [6.07, 6.45) is 2.96. The third-order valence-corrected chi connectivity index (χ3v) is 6.10. The van der Waals surface area contributed by atoms with Crippen molar-refractivity contribution >= 4 is 16.0 Å². The number of rotatable bonds is 10. The van der Waals surface area contributed by atoms with Crippen LogP contribution in [-0.2, 0) is 20.4 Å². The van der Waals surface area contributed by atoms with Crippen LogP contribution in [0.3, 0.4) is 0 Å². The molecule has 0 amide bonds. The van der Waals surface area contributed by atoms with Crippen molar-refractivity contribution < 1.29 is 18.3 Å². The van der Waals surface area contributed by atoms with E-state index in [0.29, 0.717) is 25.7 Å². The predicted octanol–water partition coefficient (Wildman–Crippen LogP) is 0.938. The maximum atomic E-state index is 12.2. The molecule has 0 bridgehead atoms. The van der Waals surface area contributed by atoms with Gasteiger partial charge >= 0.3 is 0 Å². The van der Waals surface area contributed by atoms with E-state index in [1.807, 2.05) is 37.3 Å². The molecule has 1 saturated heterocycles. The van der Waals surface area contributed by atoms with Crippen molar-refractivity contribution in [3.05, 3.63) is 35.9 Å². The number of hydrogen-bond acceptors (Lipinski definition) is 5. The van der Waals surface area contributed by atoms with Crippen molar-refractivity contribution in [2.75, 3.05) is 38.5 Å². The summed E-state index contributed by atoms with van der Waals surface area (Å²) in [5.41, 5.74) is -0.339. The number of sulfonamides is 1. The normalized spacial score (nSPS) is 20.1. The number of hydrogen-bond donors (Lipinski definition) is 4. The standard InChI is InChI=1S/C20H34N4O4S/c1-3-21-19(23-16-20(2,25)17-9-5-4-6-10-17)22-12-14-29(26,27)24-15-18-11-7-8-13-28-18/h4-6,9-10,18,24-25H,3,7-8,11-16H2,1-2H3,(H2,21,22,23). The highest BCUT2D eigenvalue weighted by atomic mass is 32.2. The molecule has 0 saturated carbocycles. The van der Waals surface area contributed by atoms with Crippen molar-refractivity contribution in [2.24, 2.45) is 4.99 Å². The molecule has 0 aromatic heterocycles. The number of guanidine groups is 1. The van der Waals surface area contributed by atoms with Gasteiger partial charge in [-0.1, -0.05) is 30.3 Å². The maximum absolute atomic E-state index is 12.2. The van der Waals surface area contributed by atoms with E-state index in [4.69, 9.17) is 4.74 Å². The van der Waals surface area contributed by atoms with E-state index in [2.05, 4.69) is 20.3 Å². The molecule has 164 valence electrons. The molecular formula is C20H34N4O4S. The minimum absolute atomic E-state index is 0.0365. The third-order valence-electron chi connectivity index (χ3n) is 4.75. The highest BCUT2D eigenvalue weighted by molar-refractivity contribution is 7.89. The Balaban J connectivity index is 1.82. The molecule has 29 heavy (non-hydrogen) atoms. The van der Waals surface area contributed by atoms with Gasteiger partial charge in [-0.25, -0.2) is 18.1 Å². The van der Waals surface area contributed by atoms with Crippen LogP contribution in [0.4, 0.5) is 0 Å². The summed E-state index contributed by atoms with van der Waals surface area (Å²) in [7, 11) is -3.40. The van der Waals surface area contributed by atoms with E-state index < -0.39 is 15.6 Å². The summed E-state index contributed by atoms with van der Waals surface area (Å²) in [5, 5.41) is 16.8. The molecule has 9 heteroatoms. The molecule has 8 nitrogen and oxygen atoms in total. The Morgan fingerprint density at radius 3 is 2.69 bits per heavy atom. The Labute approximate surface area is 174 Å². The quantitative estimate of drug-likeness (QED) is 0.327. The van der Waals surface area contributed by atoms with Crippen LogP contribution in [-0.4, -0.2) is 64.1 Å². The fraction of sp³-hybridized carbons (Fsp3) is 0.650. The van der Waals surface area contributed by atoms with Crippen molar-refractivity contribution in [3.63, 3.8) is 0 Å². The smallest absolute Gasteiger partial charge is 0.213 e. The topological polar surface area (TPSA) is 112 Å². The van der Waals surface area contributed by atoms with Gasteiger partial charge in [0.25, 0.3) is 0 Å². The SMILES string of the molecule is CCNC(=NCC(C)(O)c1ccccc1)NCCS(=O)(=O)NCC1CCCCO1. The zero-order chi connectivity index (χ0) is 21.2. The molecule has 1 heterocycles. The fourth-order valence-corrected chi connectivity index (χ4v) is 3.98. The third kappa shape index (κ3) is 8.69. The highest BCUT2D eigenvalue weighted by Crippen LogP contribution is 2.20. The van der Waals surface area contributed by atoms with Crippen molar-refractivity contribution in [1.82, 2.24) is 15.4 Å². The summed E-state index contributed by atoms with van der Waals surface area (Å²) in [6, 6.07) is 9.33. The fourth-order valence-electron chi connectivity index (χ4n) is 3.03. The Bertz CT molecular complexity index is 732. The van der Waals surface area contributed by atoms with Gasteiger partial charge in [-0.05, 0) is 38.7 Å². The first-order chi connectivity index (χ1) is 13.8. The summed E-state index contributed by atoms with van der Waals surface area (Å²) in [6.45, 7) is 5.63. The van der Waals surface area contributed by atoms with Gasteiger partial charge in [0.05, 0.1) is 18.4 Å². The molecular weight excluding hydrogens is 392 g/mol. The van der Waals surface area contributed by atoms with Crippen LogP contribution in [0.5, 0.6) is 0 Å². The van der Waals surface area contributed by atoms with Crippen LogP contribution in [0.15, 0.2) is 35.3 Å². The maximum Gasteiger partial charge on any atom is 0.213 e. The molecule has 0 radical (unpaired) electrons. The molecule has 1 aromatic rings. The second-order valence-electron chi connectivity index (χ2n) is 7.42. The van der Waals surface area contributed by atoms with Gasteiger partial charge in [0, 0.05) is 26.2 Å². The van der Waals surface area contributed by atoms with Crippen molar-refractivity contribution in [3.8, 4) is 0 Å². The average molecular weight is 427 g/mol. The van der Waals surface area contributed by atoms with Crippen molar-refractivity contribution in [2.45, 2.75) is 44.8 Å². The molecule has 1 fully saturated rings. The Hall–Kier alpha value is -1.68. The monoisotopic (exact) mass is 426 g/mol. The molecule has 2 unspecified atom stereocenters. The first kappa shape index (κ1) is 23.6. The Morgan fingerprint density at radius 2 is 2.03 bits per heavy atom. The van der Waals surface area contributed by atoms with E-state index in [1.165, 1.54) is 0 Å². The van der Waals surface area contributed by atoms with Gasteiger partial charge in [-0.15, -0.1) is 0 Å². The van der Waals surface area contributed by atoms with E-state index in [0.717, 1.165) is 24.8 Å². The lowest BCUT2D eigenvalue weighted by Crippen LogP contribution is -2.43. The second kappa shape index (κ2) is 11.5. The minimum Gasteiger partial charge on any atom is -0.384 e. The number of nitrogens with one attached hydrogen (secondary N) is 3. The van der Waals surface area contributed by atoms with Gasteiger partial charge in [-0.2, -0.15) is 0 Å². The predicted molar refractivity (Wildman–Crippen MR) is 115 cm³/mol. The molecule has 2 atom stereocenters. The van der Waals surface area contributed by atoms with Gasteiger partial charge in [0.2, 0.25) is 10.0 Å². The molecule has 4 N–H and O–H groups in total. The van der Waals surface area contributed by atoms with E-state index in [-0.39, 0.29) is 24.9 Å². The average Bonchev–Trinajstić information content (AvgIpc) is 2.72. The number of aliphatic imine (C=N–C) groups is 1. The zero-order valence-corrected chi connectivity index (χ0v) is 18.2. The molecule has 1 aliphatic heterocycles. The van der Waals surface area contributed by atoms with Gasteiger partial charge < -0.3 is 20.5 Å². The summed E-state index contributed by atoms with van der Waals surface area (Å²) < 4.78 is 32.6. The highest BCUT2D eigenvalue weighted by Gasteiger charge is 2.22. The van der Waals surface area contributed by atoms with Crippen LogP contribution in [0.25, 0.3) is 0 Å². The Kier molecular flexibility index (Phi) is 9.35. The first-order valence-electron chi connectivity index (χ1n) is 10.2. The number of ether oxygens (including phenoxy) is 1. The van der Waals surface area contributed by atoms with Crippen molar-refractivity contribution in [1.29, 1.82) is 0 Å². The van der Waals surface area contributed by atoms with Crippen LogP contribution >= 0.6 is 0 Å². The summed E-state index contributed by atoms with van der Waals surface area (Å²) in [5.74, 6) is 0.397. The van der Waals surface area contributed by atoms with E-state index in [1.54, 1.807) is 6.92 Å². The van der Waals surface area contributed by atoms with E-state index >= 15 is 0 Å². The number of benzene rings is 1. The number of aliphatic hydroxyl groups is 1. The van der Waals surface area contributed by atoms with Crippen LogP contribution < -0.4 is 15.4 Å². The minimum atomic E-state index is -3.40. The lowest BCUT2D eigenvalue weighted by Gasteiger charge is -2.23. The van der Waals surface area contributed by atoms with Gasteiger partial charge in [0.15, 0.2) is 5.96 Å². The lowest BCUT2D eigenvalue weighted by atomic mass is 9.96. The molecule has 2 rings (SSSR count). The first-order valence-corrected chi connectivity index (χ1v) is 11.9. The van der Waals surface area contributed by atoms with Crippen LogP contribution in [0, 0.1) is 0 Å². The molecule has 1 aromatic carbocycles. The molecule has 0 spiro atoms. The van der Waals surface area contributed by atoms with Gasteiger partial charge in [-0.3, -0.25) is 0 Å². The number of nitrogens with zero attached hydrogens (tertiary/aromatic N) is 1. The van der Waals surface area contributed by atoms with E-state index in [9.17, 15) is 13.5 Å². The molecule has 0 aliphatic carbocycles. The Morgan fingerprint density at radius 1 is 1.28 bits per heavy atom. The lowest BCUT2D eigenvalue weighted by molar-refractivity contribution is 0.0200. The molecule has 1 aliphatic rings. The van der Waals surface area contributed by atoms with Gasteiger partial charge in [0.1, 0.15) is 5.60 Å².